The van der Waals surface area contributed by atoms with E-state index in [0.29, 0.717) is 45.1 Å². The average molecular weight is 503 g/mol. The summed E-state index contributed by atoms with van der Waals surface area (Å²) in [5.74, 6) is -0.504. The number of nitrogens with zero attached hydrogens (tertiary/aromatic N) is 5. The highest BCUT2D eigenvalue weighted by Crippen LogP contribution is 2.35. The van der Waals surface area contributed by atoms with Crippen molar-refractivity contribution in [1.82, 2.24) is 35.1 Å². The molecule has 36 heavy (non-hydrogen) atoms. The molecule has 0 radical (unpaired) electrons. The van der Waals surface area contributed by atoms with Crippen molar-refractivity contribution in [3.05, 3.63) is 60.0 Å². The molecule has 1 amide bonds. The summed E-state index contributed by atoms with van der Waals surface area (Å²) in [7, 11) is 0. The van der Waals surface area contributed by atoms with E-state index in [-0.39, 0.29) is 27.8 Å². The average Bonchev–Trinajstić information content (AvgIpc) is 3.62. The number of thiophene rings is 1. The van der Waals surface area contributed by atoms with Gasteiger partial charge in [-0.1, -0.05) is 6.92 Å². The van der Waals surface area contributed by atoms with Crippen LogP contribution in [0.15, 0.2) is 49.1 Å². The summed E-state index contributed by atoms with van der Waals surface area (Å²) in [4.78, 5) is 32.8. The number of hydrogen-bond acceptors (Lipinski definition) is 7. The van der Waals surface area contributed by atoms with E-state index in [2.05, 4.69) is 40.4 Å². The number of carbonyl (C=O) groups excluding carboxylic acids is 1. The van der Waals surface area contributed by atoms with Gasteiger partial charge >= 0.3 is 0 Å². The van der Waals surface area contributed by atoms with Crippen molar-refractivity contribution < 1.29 is 13.6 Å². The second-order valence-electron chi connectivity index (χ2n) is 7.89. The van der Waals surface area contributed by atoms with Gasteiger partial charge < -0.3 is 10.3 Å². The molecule has 0 atom stereocenters. The van der Waals surface area contributed by atoms with Gasteiger partial charge in [0.15, 0.2) is 22.4 Å². The van der Waals surface area contributed by atoms with Crippen molar-refractivity contribution in [3.63, 3.8) is 0 Å². The standard InChI is InChI=1S/C24H16F2N8OS/c1-2-17(35)30-12-7-11(8-27-9-12)20-19(26)18-14(10-29-20)33-34-22(18)24-31-21-13(5-6-28-23(21)32-24)15-3-4-16(25)36-15/h3-10H,2H2,1H3,(H,30,35)(H,33,34)(H,28,31,32). The van der Waals surface area contributed by atoms with Crippen LogP contribution in [-0.2, 0) is 4.79 Å². The first-order valence-corrected chi connectivity index (χ1v) is 11.7. The highest BCUT2D eigenvalue weighted by atomic mass is 32.1. The number of H-pyrrole nitrogens is 2. The van der Waals surface area contributed by atoms with Crippen LogP contribution in [0.25, 0.3) is 55.3 Å². The Bertz CT molecular complexity index is 1770. The number of aromatic amines is 2. The highest BCUT2D eigenvalue weighted by Gasteiger charge is 2.22. The Morgan fingerprint density at radius 3 is 2.81 bits per heavy atom. The first kappa shape index (κ1) is 21.9. The fraction of sp³-hybridized carbons (Fsp3) is 0.0833. The largest absolute Gasteiger partial charge is 0.335 e. The van der Waals surface area contributed by atoms with Crippen LogP contribution >= 0.6 is 11.3 Å². The number of nitrogens with one attached hydrogen (secondary N) is 3. The number of hydrogen-bond donors (Lipinski definition) is 3. The summed E-state index contributed by atoms with van der Waals surface area (Å²) in [5.41, 5.74) is 3.22. The van der Waals surface area contributed by atoms with Crippen LogP contribution in [0, 0.1) is 10.9 Å². The molecule has 0 saturated carbocycles. The number of aromatic nitrogens is 7. The molecule has 0 spiro atoms. The van der Waals surface area contributed by atoms with E-state index < -0.39 is 5.82 Å². The molecule has 6 aromatic rings. The molecule has 0 aliphatic carbocycles. The predicted octanol–water partition coefficient (Wildman–Crippen LogP) is 5.31. The number of pyridine rings is 3. The number of rotatable bonds is 5. The van der Waals surface area contributed by atoms with E-state index in [1.54, 1.807) is 31.3 Å². The summed E-state index contributed by atoms with van der Waals surface area (Å²) < 4.78 is 29.5. The molecule has 6 rings (SSSR count). The number of carbonyl (C=O) groups is 1. The lowest BCUT2D eigenvalue weighted by molar-refractivity contribution is -0.115. The zero-order chi connectivity index (χ0) is 24.8. The molecule has 0 aromatic carbocycles. The normalized spacial score (nSPS) is 11.4. The number of fused-ring (bicyclic) bond motifs is 2. The molecule has 0 unspecified atom stereocenters. The van der Waals surface area contributed by atoms with Crippen molar-refractivity contribution in [2.75, 3.05) is 5.32 Å². The zero-order valence-corrected chi connectivity index (χ0v) is 19.5. The van der Waals surface area contributed by atoms with Crippen LogP contribution in [0.2, 0.25) is 0 Å². The number of imidazole rings is 1. The fourth-order valence-corrected chi connectivity index (χ4v) is 4.68. The van der Waals surface area contributed by atoms with Gasteiger partial charge in [-0.05, 0) is 24.3 Å². The smallest absolute Gasteiger partial charge is 0.224 e. The number of halogens is 2. The minimum absolute atomic E-state index is 0.0502. The molecule has 0 aliphatic heterocycles. The van der Waals surface area contributed by atoms with E-state index in [1.165, 1.54) is 24.7 Å². The lowest BCUT2D eigenvalue weighted by atomic mass is 10.1. The monoisotopic (exact) mass is 502 g/mol. The van der Waals surface area contributed by atoms with Crippen molar-refractivity contribution in [2.45, 2.75) is 13.3 Å². The van der Waals surface area contributed by atoms with Crippen molar-refractivity contribution in [1.29, 1.82) is 0 Å². The molecule has 9 nitrogen and oxygen atoms in total. The molecule has 3 N–H and O–H groups in total. The van der Waals surface area contributed by atoms with Crippen LogP contribution in [-0.4, -0.2) is 41.0 Å². The molecule has 0 fully saturated rings. The molecule has 6 heterocycles. The third-order valence-corrected chi connectivity index (χ3v) is 6.52. The molecule has 0 aliphatic rings. The Hall–Kier alpha value is -4.58. The van der Waals surface area contributed by atoms with Gasteiger partial charge in [-0.2, -0.15) is 9.49 Å². The van der Waals surface area contributed by atoms with Crippen LogP contribution in [0.1, 0.15) is 13.3 Å². The minimum atomic E-state index is -0.619. The van der Waals surface area contributed by atoms with E-state index in [1.807, 2.05) is 0 Å². The first-order chi connectivity index (χ1) is 17.5. The summed E-state index contributed by atoms with van der Waals surface area (Å²) in [6, 6.07) is 6.45. The number of amides is 1. The molecule has 12 heteroatoms. The third-order valence-electron chi connectivity index (χ3n) is 5.62. The molecule has 0 bridgehead atoms. The Balaban J connectivity index is 1.47. The van der Waals surface area contributed by atoms with Gasteiger partial charge in [0.2, 0.25) is 5.91 Å². The first-order valence-electron chi connectivity index (χ1n) is 10.9. The second-order valence-corrected chi connectivity index (χ2v) is 8.93. The fourth-order valence-electron chi connectivity index (χ4n) is 3.92. The lowest BCUT2D eigenvalue weighted by Crippen LogP contribution is -2.09. The van der Waals surface area contributed by atoms with Crippen molar-refractivity contribution in [2.24, 2.45) is 0 Å². The topological polar surface area (TPSA) is 125 Å². The van der Waals surface area contributed by atoms with E-state index in [9.17, 15) is 9.18 Å². The highest BCUT2D eigenvalue weighted by molar-refractivity contribution is 7.14. The van der Waals surface area contributed by atoms with Crippen molar-refractivity contribution >= 4 is 45.0 Å². The van der Waals surface area contributed by atoms with Gasteiger partial charge in [0, 0.05) is 34.8 Å². The van der Waals surface area contributed by atoms with Gasteiger partial charge in [0.05, 0.1) is 34.5 Å². The van der Waals surface area contributed by atoms with E-state index in [0.717, 1.165) is 16.9 Å². The summed E-state index contributed by atoms with van der Waals surface area (Å²) in [5, 5.41) is 9.66. The third kappa shape index (κ3) is 3.67. The van der Waals surface area contributed by atoms with Crippen LogP contribution < -0.4 is 5.32 Å². The SMILES string of the molecule is CCC(=O)Nc1cncc(-c2ncc3[nH]nc(-c4nc5nccc(-c6ccc(F)s6)c5[nH]4)c3c2F)c1. The maximum absolute atomic E-state index is 15.9. The van der Waals surface area contributed by atoms with Crippen LogP contribution in [0.4, 0.5) is 14.5 Å². The van der Waals surface area contributed by atoms with Crippen molar-refractivity contribution in [3.8, 4) is 33.2 Å². The summed E-state index contributed by atoms with van der Waals surface area (Å²) in [6.07, 6.45) is 6.31. The molecule has 6 aromatic heterocycles. The molecular formula is C24H16F2N8OS. The van der Waals surface area contributed by atoms with E-state index in [4.69, 9.17) is 0 Å². The number of anilines is 1. The Labute approximate surface area is 205 Å². The van der Waals surface area contributed by atoms with Crippen LogP contribution in [0.5, 0.6) is 0 Å². The molecule has 178 valence electrons. The lowest BCUT2D eigenvalue weighted by Gasteiger charge is -2.07. The van der Waals surface area contributed by atoms with Gasteiger partial charge in [-0.3, -0.25) is 19.9 Å². The van der Waals surface area contributed by atoms with Gasteiger partial charge in [0.1, 0.15) is 11.4 Å². The van der Waals surface area contributed by atoms with Gasteiger partial charge in [-0.15, -0.1) is 11.3 Å². The van der Waals surface area contributed by atoms with Crippen LogP contribution in [0.3, 0.4) is 0 Å². The summed E-state index contributed by atoms with van der Waals surface area (Å²) in [6.45, 7) is 1.73. The Morgan fingerprint density at radius 1 is 1.11 bits per heavy atom. The summed E-state index contributed by atoms with van der Waals surface area (Å²) >= 11 is 1.01. The van der Waals surface area contributed by atoms with Gasteiger partial charge in [-0.25, -0.2) is 14.4 Å². The second kappa shape index (κ2) is 8.57. The zero-order valence-electron chi connectivity index (χ0n) is 18.6. The molecular weight excluding hydrogens is 486 g/mol. The van der Waals surface area contributed by atoms with E-state index >= 15 is 4.39 Å². The van der Waals surface area contributed by atoms with Gasteiger partial charge in [0.25, 0.3) is 0 Å². The maximum Gasteiger partial charge on any atom is 0.224 e. The maximum atomic E-state index is 15.9. The Morgan fingerprint density at radius 2 is 2.00 bits per heavy atom. The predicted molar refractivity (Wildman–Crippen MR) is 132 cm³/mol. The Kier molecular flexibility index (Phi) is 5.22. The quantitative estimate of drug-likeness (QED) is 0.293. The minimum Gasteiger partial charge on any atom is -0.335 e. The molecule has 0 saturated heterocycles.